The van der Waals surface area contributed by atoms with Gasteiger partial charge in [-0.15, -0.1) is 0 Å². The van der Waals surface area contributed by atoms with E-state index in [2.05, 4.69) is 25.7 Å². The van der Waals surface area contributed by atoms with Gasteiger partial charge in [-0.25, -0.2) is 9.18 Å². The molecule has 0 saturated carbocycles. The van der Waals surface area contributed by atoms with Crippen molar-refractivity contribution in [3.8, 4) is 11.1 Å². The molecular weight excluding hydrogens is 504 g/mol. The average molecular weight is 529 g/mol. The molecule has 8 nitrogen and oxygen atoms in total. The zero-order chi connectivity index (χ0) is 26.9. The summed E-state index contributed by atoms with van der Waals surface area (Å²) in [6.07, 6.45) is -4.88. The van der Waals surface area contributed by atoms with Crippen LogP contribution < -0.4 is 16.4 Å². The number of aromatic nitrogens is 2. The number of amides is 2. The van der Waals surface area contributed by atoms with E-state index >= 15 is 0 Å². The number of carbonyl (C=O) groups is 1. The molecule has 5 rings (SSSR count). The number of rotatable bonds is 5. The smallest absolute Gasteiger partial charge is 0.382 e. The number of ether oxygens (including phenoxy) is 1. The van der Waals surface area contributed by atoms with Crippen LogP contribution >= 0.6 is 0 Å². The molecule has 4 aromatic rings. The van der Waals surface area contributed by atoms with E-state index in [9.17, 15) is 22.4 Å². The molecule has 0 spiro atoms. The van der Waals surface area contributed by atoms with E-state index in [1.807, 2.05) is 12.1 Å². The van der Waals surface area contributed by atoms with Gasteiger partial charge in [-0.05, 0) is 47.0 Å². The Kier molecular flexibility index (Phi) is 6.91. The van der Waals surface area contributed by atoms with E-state index in [4.69, 9.17) is 10.5 Å². The van der Waals surface area contributed by atoms with E-state index < -0.39 is 23.6 Å². The first-order valence-electron chi connectivity index (χ1n) is 11.8. The number of morpholine rings is 1. The number of nitrogens with zero attached hydrogens (tertiary/aromatic N) is 2. The second-order valence-electron chi connectivity index (χ2n) is 8.87. The van der Waals surface area contributed by atoms with Crippen molar-refractivity contribution < 1.29 is 27.1 Å². The van der Waals surface area contributed by atoms with Crippen LogP contribution in [0.5, 0.6) is 0 Å². The highest BCUT2D eigenvalue weighted by Gasteiger charge is 2.34. The lowest BCUT2D eigenvalue weighted by Gasteiger charge is -2.26. The summed E-state index contributed by atoms with van der Waals surface area (Å²) in [4.78, 5) is 14.6. The fourth-order valence-corrected chi connectivity index (χ4v) is 4.43. The van der Waals surface area contributed by atoms with Crippen molar-refractivity contribution in [3.63, 3.8) is 0 Å². The van der Waals surface area contributed by atoms with Crippen LogP contribution in [0.15, 0.2) is 54.6 Å². The third-order valence-corrected chi connectivity index (χ3v) is 6.32. The Morgan fingerprint density at radius 1 is 1.03 bits per heavy atom. The van der Waals surface area contributed by atoms with Crippen LogP contribution in [0, 0.1) is 5.82 Å². The first kappa shape index (κ1) is 25.5. The predicted octanol–water partition coefficient (Wildman–Crippen LogP) is 5.45. The van der Waals surface area contributed by atoms with Crippen molar-refractivity contribution >= 4 is 34.1 Å². The summed E-state index contributed by atoms with van der Waals surface area (Å²) >= 11 is 0. The van der Waals surface area contributed by atoms with E-state index in [1.54, 1.807) is 24.3 Å². The van der Waals surface area contributed by atoms with Gasteiger partial charge in [0.15, 0.2) is 5.82 Å². The minimum Gasteiger partial charge on any atom is -0.382 e. The molecule has 5 N–H and O–H groups in total. The molecule has 3 aromatic carbocycles. The summed E-state index contributed by atoms with van der Waals surface area (Å²) in [5.41, 5.74) is 8.57. The first-order valence-corrected chi connectivity index (χ1v) is 11.8. The van der Waals surface area contributed by atoms with Gasteiger partial charge in [0, 0.05) is 31.0 Å². The summed E-state index contributed by atoms with van der Waals surface area (Å²) in [6, 6.07) is 12.4. The van der Waals surface area contributed by atoms with Crippen LogP contribution in [0.1, 0.15) is 11.1 Å². The number of halogens is 4. The molecule has 0 atom stereocenters. The third-order valence-electron chi connectivity index (χ3n) is 6.32. The number of H-pyrrole nitrogens is 1. The Labute approximate surface area is 214 Å². The number of nitrogen functional groups attached to an aromatic ring is 1. The summed E-state index contributed by atoms with van der Waals surface area (Å²) in [7, 11) is 0. The van der Waals surface area contributed by atoms with Crippen LogP contribution in [0.4, 0.5) is 39.5 Å². The van der Waals surface area contributed by atoms with Crippen molar-refractivity contribution in [3.05, 3.63) is 71.5 Å². The molecule has 1 aliphatic heterocycles. The summed E-state index contributed by atoms with van der Waals surface area (Å²) < 4.78 is 57.7. The number of aromatic amines is 1. The van der Waals surface area contributed by atoms with Crippen LogP contribution in [0.2, 0.25) is 0 Å². The minimum atomic E-state index is -4.88. The lowest BCUT2D eigenvalue weighted by molar-refractivity contribution is -0.139. The summed E-state index contributed by atoms with van der Waals surface area (Å²) in [5.74, 6) is -1.04. The van der Waals surface area contributed by atoms with Crippen LogP contribution in [0.3, 0.4) is 0 Å². The largest absolute Gasteiger partial charge is 0.419 e. The monoisotopic (exact) mass is 528 g/mol. The fraction of sp³-hybridized carbons (Fsp3) is 0.231. The molecule has 0 bridgehead atoms. The number of benzene rings is 3. The zero-order valence-corrected chi connectivity index (χ0v) is 20.0. The number of urea groups is 1. The van der Waals surface area contributed by atoms with Crippen LogP contribution in [-0.2, 0) is 17.5 Å². The van der Waals surface area contributed by atoms with Crippen molar-refractivity contribution in [2.45, 2.75) is 12.7 Å². The van der Waals surface area contributed by atoms with Gasteiger partial charge in [0.2, 0.25) is 0 Å². The van der Waals surface area contributed by atoms with Gasteiger partial charge >= 0.3 is 12.2 Å². The highest BCUT2D eigenvalue weighted by Crippen LogP contribution is 2.35. The van der Waals surface area contributed by atoms with Crippen LogP contribution in [0.25, 0.3) is 22.0 Å². The molecule has 1 aliphatic rings. The number of anilines is 3. The number of nitrogens with one attached hydrogen (secondary N) is 3. The Morgan fingerprint density at radius 2 is 1.71 bits per heavy atom. The zero-order valence-electron chi connectivity index (χ0n) is 20.0. The number of hydrogen-bond donors (Lipinski definition) is 4. The maximum Gasteiger partial charge on any atom is 0.419 e. The van der Waals surface area contributed by atoms with E-state index in [-0.39, 0.29) is 5.69 Å². The highest BCUT2D eigenvalue weighted by molar-refractivity contribution is 6.03. The predicted molar refractivity (Wildman–Crippen MR) is 136 cm³/mol. The SMILES string of the molecule is Nc1n[nH]c2c(CN3CCOCC3)ccc(-c3ccc(NC(=O)Nc4ccc(F)c(C(F)(F)F)c4)cc3)c12. The van der Waals surface area contributed by atoms with Crippen molar-refractivity contribution in [2.75, 3.05) is 42.7 Å². The molecule has 0 radical (unpaired) electrons. The van der Waals surface area contributed by atoms with Crippen molar-refractivity contribution in [1.82, 2.24) is 15.1 Å². The van der Waals surface area contributed by atoms with Gasteiger partial charge in [0.1, 0.15) is 5.82 Å². The van der Waals surface area contributed by atoms with Gasteiger partial charge in [-0.3, -0.25) is 10.00 Å². The Bertz CT molecular complexity index is 1460. The molecule has 2 amide bonds. The number of fused-ring (bicyclic) bond motifs is 1. The lowest BCUT2D eigenvalue weighted by Crippen LogP contribution is -2.35. The maximum atomic E-state index is 13.5. The number of hydrogen-bond acceptors (Lipinski definition) is 5. The minimum absolute atomic E-state index is 0.192. The molecule has 1 saturated heterocycles. The molecule has 2 heterocycles. The van der Waals surface area contributed by atoms with Crippen molar-refractivity contribution in [1.29, 1.82) is 0 Å². The molecule has 12 heteroatoms. The summed E-state index contributed by atoms with van der Waals surface area (Å²) in [5, 5.41) is 12.9. The molecule has 0 aliphatic carbocycles. The maximum absolute atomic E-state index is 13.5. The molecular formula is C26H24F4N6O2. The molecule has 198 valence electrons. The normalized spacial score (nSPS) is 14.5. The Morgan fingerprint density at radius 3 is 2.42 bits per heavy atom. The average Bonchev–Trinajstić information content (AvgIpc) is 3.28. The van der Waals surface area contributed by atoms with Crippen LogP contribution in [-0.4, -0.2) is 47.4 Å². The second kappa shape index (κ2) is 10.3. The highest BCUT2D eigenvalue weighted by atomic mass is 19.4. The lowest BCUT2D eigenvalue weighted by atomic mass is 9.98. The third kappa shape index (κ3) is 5.41. The van der Waals surface area contributed by atoms with Gasteiger partial charge in [0.25, 0.3) is 0 Å². The van der Waals surface area contributed by atoms with E-state index in [0.717, 1.165) is 53.3 Å². The van der Waals surface area contributed by atoms with E-state index in [1.165, 1.54) is 0 Å². The number of nitrogens with two attached hydrogens (primary N) is 1. The second-order valence-corrected chi connectivity index (χ2v) is 8.87. The molecule has 1 fully saturated rings. The van der Waals surface area contributed by atoms with Gasteiger partial charge < -0.3 is 21.1 Å². The van der Waals surface area contributed by atoms with E-state index in [0.29, 0.717) is 36.9 Å². The topological polar surface area (TPSA) is 108 Å². The standard InChI is InChI=1S/C26H24F4N6O2/c27-21-8-6-18(13-20(21)26(28,29)30)33-25(37)32-17-4-1-15(2-5-17)19-7-3-16(14-36-9-11-38-12-10-36)23-22(19)24(31)35-34-23/h1-8,13H,9-12,14H2,(H3,31,34,35)(H2,32,33,37). The van der Waals surface area contributed by atoms with Gasteiger partial charge in [-0.2, -0.15) is 18.3 Å². The Balaban J connectivity index is 1.31. The molecule has 0 unspecified atom stereocenters. The molecule has 1 aromatic heterocycles. The quantitative estimate of drug-likeness (QED) is 0.258. The van der Waals surface area contributed by atoms with Gasteiger partial charge in [-0.1, -0.05) is 24.3 Å². The van der Waals surface area contributed by atoms with Crippen molar-refractivity contribution in [2.24, 2.45) is 0 Å². The first-order chi connectivity index (χ1) is 18.2. The Hall–Kier alpha value is -4.16. The molecule has 38 heavy (non-hydrogen) atoms. The fourth-order valence-electron chi connectivity index (χ4n) is 4.43. The number of carbonyl (C=O) groups excluding carboxylic acids is 1. The summed E-state index contributed by atoms with van der Waals surface area (Å²) in [6.45, 7) is 3.82. The van der Waals surface area contributed by atoms with Gasteiger partial charge in [0.05, 0.1) is 29.7 Å². The number of alkyl halides is 3.